The van der Waals surface area contributed by atoms with E-state index in [-0.39, 0.29) is 5.75 Å². The zero-order chi connectivity index (χ0) is 13.8. The molecule has 0 saturated heterocycles. The Morgan fingerprint density at radius 1 is 1.16 bits per heavy atom. The van der Waals surface area contributed by atoms with Gasteiger partial charge >= 0.3 is 0 Å². The molecule has 4 heteroatoms. The quantitative estimate of drug-likeness (QED) is 0.893. The van der Waals surface area contributed by atoms with Gasteiger partial charge in [0.1, 0.15) is 5.75 Å². The van der Waals surface area contributed by atoms with Gasteiger partial charge in [-0.15, -0.1) is 0 Å². The summed E-state index contributed by atoms with van der Waals surface area (Å²) in [4.78, 5) is 2.06. The fourth-order valence-electron chi connectivity index (χ4n) is 1.87. The Kier molecular flexibility index (Phi) is 4.17. The van der Waals surface area contributed by atoms with E-state index in [1.807, 2.05) is 38.4 Å². The number of hydrogen-bond donors (Lipinski definition) is 2. The first kappa shape index (κ1) is 13.6. The van der Waals surface area contributed by atoms with Gasteiger partial charge in [-0.2, -0.15) is 0 Å². The van der Waals surface area contributed by atoms with Crippen LogP contribution >= 0.6 is 11.6 Å². The molecule has 0 heterocycles. The van der Waals surface area contributed by atoms with Crippen LogP contribution in [0.1, 0.15) is 5.56 Å². The Balaban J connectivity index is 2.12. The number of rotatable bonds is 4. The molecule has 0 radical (unpaired) electrons. The summed E-state index contributed by atoms with van der Waals surface area (Å²) in [6.07, 6.45) is 0. The fraction of sp³-hybridized carbons (Fsp3) is 0.200. The lowest BCUT2D eigenvalue weighted by molar-refractivity contribution is 0.475. The average molecular weight is 277 g/mol. The molecule has 0 fully saturated rings. The Labute approximate surface area is 118 Å². The van der Waals surface area contributed by atoms with Crippen LogP contribution < -0.4 is 10.2 Å². The minimum Gasteiger partial charge on any atom is -0.506 e. The van der Waals surface area contributed by atoms with Gasteiger partial charge in [0.15, 0.2) is 0 Å². The molecular weight excluding hydrogens is 260 g/mol. The van der Waals surface area contributed by atoms with Crippen LogP contribution in [0.4, 0.5) is 11.4 Å². The van der Waals surface area contributed by atoms with Gasteiger partial charge in [0, 0.05) is 20.6 Å². The Bertz CT molecular complexity index is 570. The topological polar surface area (TPSA) is 35.5 Å². The van der Waals surface area contributed by atoms with Gasteiger partial charge in [0.25, 0.3) is 0 Å². The standard InChI is InChI=1S/C15H17ClN2O/c1-18(2)14-6-4-3-5-13(14)17-10-11-7-8-15(19)12(16)9-11/h3-9,17,19H,10H2,1-2H3. The van der Waals surface area contributed by atoms with Crippen LogP contribution in [0.3, 0.4) is 0 Å². The number of aromatic hydroxyl groups is 1. The van der Waals surface area contributed by atoms with Crippen LogP contribution in [0.15, 0.2) is 42.5 Å². The molecule has 0 bridgehead atoms. The molecule has 0 atom stereocenters. The Hall–Kier alpha value is -1.87. The molecule has 0 saturated carbocycles. The van der Waals surface area contributed by atoms with Crippen molar-refractivity contribution in [2.45, 2.75) is 6.54 Å². The maximum Gasteiger partial charge on any atom is 0.134 e. The SMILES string of the molecule is CN(C)c1ccccc1NCc1ccc(O)c(Cl)c1. The van der Waals surface area contributed by atoms with Crippen molar-refractivity contribution in [3.05, 3.63) is 53.1 Å². The molecule has 0 aliphatic carbocycles. The largest absolute Gasteiger partial charge is 0.506 e. The molecule has 0 amide bonds. The van der Waals surface area contributed by atoms with Crippen LogP contribution in [-0.2, 0) is 6.54 Å². The van der Waals surface area contributed by atoms with Gasteiger partial charge in [-0.1, -0.05) is 29.8 Å². The summed E-state index contributed by atoms with van der Waals surface area (Å²) in [5, 5.41) is 13.1. The van der Waals surface area contributed by atoms with Gasteiger partial charge in [-0.3, -0.25) is 0 Å². The molecule has 2 N–H and O–H groups in total. The van der Waals surface area contributed by atoms with Crippen LogP contribution in [0.25, 0.3) is 0 Å². The molecule has 100 valence electrons. The molecule has 0 spiro atoms. The highest BCUT2D eigenvalue weighted by Gasteiger charge is 2.04. The summed E-state index contributed by atoms with van der Waals surface area (Å²) >= 11 is 5.89. The van der Waals surface area contributed by atoms with Gasteiger partial charge in [-0.25, -0.2) is 0 Å². The van der Waals surface area contributed by atoms with Gasteiger partial charge in [0.05, 0.1) is 16.4 Å². The van der Waals surface area contributed by atoms with E-state index in [2.05, 4.69) is 16.3 Å². The predicted molar refractivity (Wildman–Crippen MR) is 81.2 cm³/mol. The number of phenolic OH excluding ortho intramolecular Hbond substituents is 1. The number of nitrogens with zero attached hydrogens (tertiary/aromatic N) is 1. The minimum atomic E-state index is 0.110. The van der Waals surface area contributed by atoms with Crippen molar-refractivity contribution in [1.29, 1.82) is 0 Å². The maximum atomic E-state index is 9.39. The molecule has 0 aliphatic heterocycles. The number of benzene rings is 2. The summed E-state index contributed by atoms with van der Waals surface area (Å²) in [6, 6.07) is 13.3. The normalized spacial score (nSPS) is 10.3. The van der Waals surface area contributed by atoms with Crippen LogP contribution in [0.5, 0.6) is 5.75 Å². The highest BCUT2D eigenvalue weighted by molar-refractivity contribution is 6.32. The van der Waals surface area contributed by atoms with Gasteiger partial charge in [-0.05, 0) is 29.8 Å². The molecule has 0 aromatic heterocycles. The summed E-state index contributed by atoms with van der Waals surface area (Å²) < 4.78 is 0. The smallest absolute Gasteiger partial charge is 0.134 e. The van der Waals surface area contributed by atoms with Crippen molar-refractivity contribution in [1.82, 2.24) is 0 Å². The fourth-order valence-corrected chi connectivity index (χ4v) is 2.07. The molecule has 19 heavy (non-hydrogen) atoms. The maximum absolute atomic E-state index is 9.39. The number of halogens is 1. The summed E-state index contributed by atoms with van der Waals surface area (Å²) in [7, 11) is 4.02. The van der Waals surface area contributed by atoms with Crippen LogP contribution in [0.2, 0.25) is 5.02 Å². The third kappa shape index (κ3) is 3.32. The molecular formula is C15H17ClN2O. The number of nitrogens with one attached hydrogen (secondary N) is 1. The molecule has 2 aromatic rings. The van der Waals surface area contributed by atoms with Gasteiger partial charge < -0.3 is 15.3 Å². The third-order valence-corrected chi connectivity index (χ3v) is 3.18. The molecule has 2 aromatic carbocycles. The Morgan fingerprint density at radius 3 is 2.58 bits per heavy atom. The van der Waals surface area contributed by atoms with Crippen molar-refractivity contribution in [3.63, 3.8) is 0 Å². The summed E-state index contributed by atoms with van der Waals surface area (Å²) in [6.45, 7) is 0.658. The second-order valence-electron chi connectivity index (χ2n) is 4.55. The molecule has 2 rings (SSSR count). The van der Waals surface area contributed by atoms with Crippen molar-refractivity contribution in [3.8, 4) is 5.75 Å². The first-order valence-corrected chi connectivity index (χ1v) is 6.43. The monoisotopic (exact) mass is 276 g/mol. The zero-order valence-corrected chi connectivity index (χ0v) is 11.8. The van der Waals surface area contributed by atoms with Crippen molar-refractivity contribution < 1.29 is 5.11 Å². The van der Waals surface area contributed by atoms with Crippen molar-refractivity contribution >= 4 is 23.0 Å². The molecule has 0 unspecified atom stereocenters. The first-order valence-electron chi connectivity index (χ1n) is 6.05. The lowest BCUT2D eigenvalue weighted by Gasteiger charge is -2.18. The third-order valence-electron chi connectivity index (χ3n) is 2.88. The number of phenols is 1. The van der Waals surface area contributed by atoms with E-state index < -0.39 is 0 Å². The highest BCUT2D eigenvalue weighted by atomic mass is 35.5. The van der Waals surface area contributed by atoms with E-state index in [0.717, 1.165) is 16.9 Å². The van der Waals surface area contributed by atoms with E-state index in [1.54, 1.807) is 12.1 Å². The predicted octanol–water partition coefficient (Wildman–Crippen LogP) is 3.72. The number of hydrogen-bond acceptors (Lipinski definition) is 3. The van der Waals surface area contributed by atoms with E-state index in [1.165, 1.54) is 0 Å². The minimum absolute atomic E-state index is 0.110. The lowest BCUT2D eigenvalue weighted by atomic mass is 10.2. The van der Waals surface area contributed by atoms with E-state index in [9.17, 15) is 5.11 Å². The zero-order valence-electron chi connectivity index (χ0n) is 11.0. The second kappa shape index (κ2) is 5.85. The lowest BCUT2D eigenvalue weighted by Crippen LogP contribution is -2.12. The van der Waals surface area contributed by atoms with Crippen molar-refractivity contribution in [2.24, 2.45) is 0 Å². The number of para-hydroxylation sites is 2. The van der Waals surface area contributed by atoms with Crippen LogP contribution in [-0.4, -0.2) is 19.2 Å². The highest BCUT2D eigenvalue weighted by Crippen LogP contribution is 2.26. The molecule has 3 nitrogen and oxygen atoms in total. The average Bonchev–Trinajstić information content (AvgIpc) is 2.40. The Morgan fingerprint density at radius 2 is 1.89 bits per heavy atom. The van der Waals surface area contributed by atoms with Gasteiger partial charge in [0.2, 0.25) is 0 Å². The second-order valence-corrected chi connectivity index (χ2v) is 4.96. The van der Waals surface area contributed by atoms with E-state index >= 15 is 0 Å². The summed E-state index contributed by atoms with van der Waals surface area (Å²) in [5.41, 5.74) is 3.22. The number of anilines is 2. The molecule has 0 aliphatic rings. The van der Waals surface area contributed by atoms with Crippen molar-refractivity contribution in [2.75, 3.05) is 24.3 Å². The van der Waals surface area contributed by atoms with Crippen LogP contribution in [0, 0.1) is 0 Å². The first-order chi connectivity index (χ1) is 9.08. The van der Waals surface area contributed by atoms with E-state index in [4.69, 9.17) is 11.6 Å². The summed E-state index contributed by atoms with van der Waals surface area (Å²) in [5.74, 6) is 0.110. The van der Waals surface area contributed by atoms with E-state index in [0.29, 0.717) is 11.6 Å².